The number of nitrogens with one attached hydrogen (secondary N) is 1. The van der Waals surface area contributed by atoms with Crippen molar-refractivity contribution in [3.63, 3.8) is 0 Å². The van der Waals surface area contributed by atoms with Gasteiger partial charge in [-0.2, -0.15) is 0 Å². The van der Waals surface area contributed by atoms with Crippen molar-refractivity contribution in [1.82, 2.24) is 5.32 Å². The van der Waals surface area contributed by atoms with Gasteiger partial charge in [0, 0.05) is 12.8 Å². The molecule has 3 N–H and O–H groups in total. The number of aliphatic hydroxyl groups excluding tert-OH is 2. The second-order valence-corrected chi connectivity index (χ2v) is 23.5. The molecular weight excluding hydrogens is 923 g/mol. The standard InChI is InChI=1S/C69H133NO5/c1-3-5-7-9-11-13-15-16-17-18-29-32-35-38-42-45-49-53-57-61-67(72)66(65-71)70-68(73)62-58-54-50-46-43-39-36-33-30-27-25-23-21-19-20-22-24-26-28-31-34-37-40-44-48-52-56-60-64-75-69(74)63-59-55-51-47-41-14-12-10-8-6-4-2/h19-20,57,61,66-67,71-72H,3-18,21-56,58-60,62-65H2,1-2H3,(H,70,73)/b20-19-,61-57+. The Kier molecular flexibility index (Phi) is 63.4. The van der Waals surface area contributed by atoms with Crippen LogP contribution in [0.1, 0.15) is 380 Å². The van der Waals surface area contributed by atoms with Crippen LogP contribution in [0.25, 0.3) is 0 Å². The van der Waals surface area contributed by atoms with Crippen LogP contribution in [0.3, 0.4) is 0 Å². The number of ether oxygens (including phenoxy) is 1. The van der Waals surface area contributed by atoms with Gasteiger partial charge in [0.15, 0.2) is 0 Å². The zero-order valence-electron chi connectivity index (χ0n) is 50.8. The predicted octanol–water partition coefficient (Wildman–Crippen LogP) is 21.8. The van der Waals surface area contributed by atoms with E-state index in [2.05, 4.69) is 31.3 Å². The van der Waals surface area contributed by atoms with Gasteiger partial charge in [-0.25, -0.2) is 0 Å². The van der Waals surface area contributed by atoms with Gasteiger partial charge in [-0.1, -0.05) is 334 Å². The third-order valence-electron chi connectivity index (χ3n) is 16.0. The quantitative estimate of drug-likeness (QED) is 0.0320. The molecule has 0 rings (SSSR count). The van der Waals surface area contributed by atoms with E-state index in [1.807, 2.05) is 6.08 Å². The molecule has 2 unspecified atom stereocenters. The number of amides is 1. The molecule has 0 spiro atoms. The van der Waals surface area contributed by atoms with Crippen molar-refractivity contribution in [2.45, 2.75) is 392 Å². The van der Waals surface area contributed by atoms with Gasteiger partial charge in [-0.05, 0) is 57.8 Å². The number of esters is 1. The number of carbonyl (C=O) groups excluding carboxylic acids is 2. The molecule has 0 radical (unpaired) electrons. The fourth-order valence-electron chi connectivity index (χ4n) is 10.7. The van der Waals surface area contributed by atoms with Crippen LogP contribution >= 0.6 is 0 Å². The summed E-state index contributed by atoms with van der Waals surface area (Å²) in [6.45, 7) is 4.93. The molecule has 0 bridgehead atoms. The van der Waals surface area contributed by atoms with Crippen LogP contribution in [0, 0.1) is 0 Å². The van der Waals surface area contributed by atoms with Crippen molar-refractivity contribution in [2.75, 3.05) is 13.2 Å². The number of allylic oxidation sites excluding steroid dienone is 3. The second-order valence-electron chi connectivity index (χ2n) is 23.5. The average molecular weight is 1060 g/mol. The molecule has 0 aliphatic rings. The van der Waals surface area contributed by atoms with E-state index in [0.717, 1.165) is 38.5 Å². The van der Waals surface area contributed by atoms with Crippen LogP contribution in [-0.2, 0) is 14.3 Å². The third kappa shape index (κ3) is 61.4. The van der Waals surface area contributed by atoms with Crippen LogP contribution in [0.15, 0.2) is 24.3 Å². The summed E-state index contributed by atoms with van der Waals surface area (Å²) in [5.74, 6) is -0.0488. The molecule has 0 saturated carbocycles. The third-order valence-corrected chi connectivity index (χ3v) is 16.0. The molecule has 0 heterocycles. The summed E-state index contributed by atoms with van der Waals surface area (Å²) in [7, 11) is 0. The minimum Gasteiger partial charge on any atom is -0.466 e. The van der Waals surface area contributed by atoms with Gasteiger partial charge in [0.25, 0.3) is 0 Å². The summed E-state index contributed by atoms with van der Waals surface area (Å²) in [5, 5.41) is 23.2. The number of hydrogen-bond donors (Lipinski definition) is 3. The van der Waals surface area contributed by atoms with E-state index in [1.165, 1.54) is 315 Å². The Morgan fingerprint density at radius 3 is 0.947 bits per heavy atom. The van der Waals surface area contributed by atoms with Crippen molar-refractivity contribution in [1.29, 1.82) is 0 Å². The molecule has 0 aromatic rings. The van der Waals surface area contributed by atoms with E-state index in [1.54, 1.807) is 6.08 Å². The first-order valence-electron chi connectivity index (χ1n) is 34.1. The van der Waals surface area contributed by atoms with Crippen molar-refractivity contribution in [3.05, 3.63) is 24.3 Å². The first kappa shape index (κ1) is 73.3. The number of hydrogen-bond acceptors (Lipinski definition) is 5. The molecule has 0 aliphatic carbocycles. The maximum atomic E-state index is 12.5. The molecular formula is C69H133NO5. The lowest BCUT2D eigenvalue weighted by atomic mass is 10.0. The van der Waals surface area contributed by atoms with Gasteiger partial charge in [-0.3, -0.25) is 9.59 Å². The van der Waals surface area contributed by atoms with Gasteiger partial charge >= 0.3 is 5.97 Å². The lowest BCUT2D eigenvalue weighted by molar-refractivity contribution is -0.143. The number of unbranched alkanes of at least 4 members (excludes halogenated alkanes) is 51. The highest BCUT2D eigenvalue weighted by Crippen LogP contribution is 2.18. The smallest absolute Gasteiger partial charge is 0.305 e. The second kappa shape index (κ2) is 64.9. The monoisotopic (exact) mass is 1060 g/mol. The Morgan fingerprint density at radius 2 is 0.627 bits per heavy atom. The molecule has 1 amide bonds. The lowest BCUT2D eigenvalue weighted by Gasteiger charge is -2.20. The average Bonchev–Trinajstić information content (AvgIpc) is 3.41. The van der Waals surface area contributed by atoms with Crippen molar-refractivity contribution in [2.24, 2.45) is 0 Å². The highest BCUT2D eigenvalue weighted by atomic mass is 16.5. The Bertz CT molecular complexity index is 1170. The molecule has 0 saturated heterocycles. The summed E-state index contributed by atoms with van der Waals surface area (Å²) < 4.78 is 5.47. The van der Waals surface area contributed by atoms with Gasteiger partial charge in [0.1, 0.15) is 0 Å². The molecule has 0 aromatic heterocycles. The largest absolute Gasteiger partial charge is 0.466 e. The maximum Gasteiger partial charge on any atom is 0.305 e. The van der Waals surface area contributed by atoms with Crippen LogP contribution in [-0.4, -0.2) is 47.4 Å². The van der Waals surface area contributed by atoms with E-state index in [4.69, 9.17) is 4.74 Å². The minimum absolute atomic E-state index is 0.0157. The van der Waals surface area contributed by atoms with Crippen molar-refractivity contribution < 1.29 is 24.5 Å². The fraction of sp³-hybridized carbons (Fsp3) is 0.913. The van der Waals surface area contributed by atoms with Crippen LogP contribution in [0.5, 0.6) is 0 Å². The number of rotatable bonds is 64. The van der Waals surface area contributed by atoms with Crippen molar-refractivity contribution >= 4 is 11.9 Å². The van der Waals surface area contributed by atoms with Gasteiger partial charge in [0.2, 0.25) is 5.91 Å². The van der Waals surface area contributed by atoms with Crippen molar-refractivity contribution in [3.8, 4) is 0 Å². The van der Waals surface area contributed by atoms with Crippen LogP contribution < -0.4 is 5.32 Å². The molecule has 0 fully saturated rings. The SMILES string of the molecule is CCCCCCCCCCCCCCCCCCC/C=C/C(O)C(CO)NC(=O)CCCCCCCCCCCCCC/C=C\CCCCCCCCCCCCCCOC(=O)CCCCCCCCCCCCC. The summed E-state index contributed by atoms with van der Waals surface area (Å²) in [6, 6.07) is -0.628. The molecule has 75 heavy (non-hydrogen) atoms. The Hall–Kier alpha value is -1.66. The Balaban J connectivity index is 3.40. The molecule has 0 aromatic carbocycles. The normalized spacial score (nSPS) is 12.6. The van der Waals surface area contributed by atoms with Gasteiger partial charge in [0.05, 0.1) is 25.4 Å². The first-order chi connectivity index (χ1) is 37.0. The molecule has 0 aliphatic heterocycles. The summed E-state index contributed by atoms with van der Waals surface area (Å²) in [5.41, 5.74) is 0. The first-order valence-corrected chi connectivity index (χ1v) is 34.1. The summed E-state index contributed by atoms with van der Waals surface area (Å²) in [6.07, 6.45) is 81.0. The molecule has 6 nitrogen and oxygen atoms in total. The number of aliphatic hydroxyl groups is 2. The van der Waals surface area contributed by atoms with E-state index < -0.39 is 12.1 Å². The Morgan fingerprint density at radius 1 is 0.360 bits per heavy atom. The van der Waals surface area contributed by atoms with Crippen LogP contribution in [0.4, 0.5) is 0 Å². The number of carbonyl (C=O) groups is 2. The minimum atomic E-state index is -0.845. The molecule has 444 valence electrons. The van der Waals surface area contributed by atoms with E-state index in [9.17, 15) is 19.8 Å². The van der Waals surface area contributed by atoms with Crippen LogP contribution in [0.2, 0.25) is 0 Å². The van der Waals surface area contributed by atoms with E-state index in [-0.39, 0.29) is 18.5 Å². The van der Waals surface area contributed by atoms with E-state index in [0.29, 0.717) is 19.4 Å². The topological polar surface area (TPSA) is 95.9 Å². The zero-order valence-corrected chi connectivity index (χ0v) is 50.8. The highest BCUT2D eigenvalue weighted by molar-refractivity contribution is 5.76. The zero-order chi connectivity index (χ0) is 54.3. The fourth-order valence-corrected chi connectivity index (χ4v) is 10.7. The molecule has 2 atom stereocenters. The maximum absolute atomic E-state index is 12.5. The van der Waals surface area contributed by atoms with Gasteiger partial charge in [-0.15, -0.1) is 0 Å². The summed E-state index contributed by atoms with van der Waals surface area (Å²) >= 11 is 0. The summed E-state index contributed by atoms with van der Waals surface area (Å²) in [4.78, 5) is 24.5. The predicted molar refractivity (Wildman–Crippen MR) is 329 cm³/mol. The molecule has 6 heteroatoms. The van der Waals surface area contributed by atoms with Gasteiger partial charge < -0.3 is 20.3 Å². The van der Waals surface area contributed by atoms with E-state index >= 15 is 0 Å². The Labute approximate surface area is 469 Å². The lowest BCUT2D eigenvalue weighted by Crippen LogP contribution is -2.45. The highest BCUT2D eigenvalue weighted by Gasteiger charge is 2.18.